The monoisotopic (exact) mass is 386 g/mol. The Bertz CT molecular complexity index is 658. The number of thiocarbonyl (C=S) groups is 1. The highest BCUT2D eigenvalue weighted by atomic mass is 32.1. The van der Waals surface area contributed by atoms with Gasteiger partial charge in [-0.05, 0) is 24.4 Å². The maximum atomic E-state index is 13.0. The van der Waals surface area contributed by atoms with Gasteiger partial charge in [-0.25, -0.2) is 0 Å². The number of halogens is 3. The first-order valence-electron chi connectivity index (χ1n) is 8.13. The highest BCUT2D eigenvalue weighted by Crippen LogP contribution is 2.34. The zero-order chi connectivity index (χ0) is 19.2. The van der Waals surface area contributed by atoms with E-state index in [1.165, 1.54) is 18.2 Å². The number of piperazine rings is 1. The summed E-state index contributed by atoms with van der Waals surface area (Å²) >= 11 is 5.26. The summed E-state index contributed by atoms with van der Waals surface area (Å²) in [6, 6.07) is 4.95. The Balaban J connectivity index is 1.85. The molecule has 1 heterocycles. The molecule has 2 rings (SSSR count). The van der Waals surface area contributed by atoms with E-state index in [-0.39, 0.29) is 12.2 Å². The van der Waals surface area contributed by atoms with Crippen LogP contribution in [0.2, 0.25) is 0 Å². The van der Waals surface area contributed by atoms with Crippen LogP contribution in [0.1, 0.15) is 5.56 Å². The number of anilines is 1. The van der Waals surface area contributed by atoms with E-state index in [1.54, 1.807) is 6.08 Å². The molecule has 1 aromatic rings. The van der Waals surface area contributed by atoms with Crippen molar-refractivity contribution in [3.05, 3.63) is 42.5 Å². The van der Waals surface area contributed by atoms with E-state index in [4.69, 9.17) is 12.2 Å². The van der Waals surface area contributed by atoms with Gasteiger partial charge in [0.1, 0.15) is 0 Å². The largest absolute Gasteiger partial charge is 0.418 e. The lowest BCUT2D eigenvalue weighted by molar-refractivity contribution is -0.137. The third-order valence-corrected chi connectivity index (χ3v) is 4.33. The normalized spacial score (nSPS) is 15.4. The number of amides is 1. The SMILES string of the molecule is C=CCNC(=S)N1CCN(CC(=O)Nc2ccccc2C(F)(F)F)CC1. The molecule has 2 N–H and O–H groups in total. The molecule has 1 amide bonds. The number of carbonyl (C=O) groups is 1. The van der Waals surface area contributed by atoms with Gasteiger partial charge in [-0.1, -0.05) is 18.2 Å². The van der Waals surface area contributed by atoms with Crippen LogP contribution >= 0.6 is 12.2 Å². The Morgan fingerprint density at radius 2 is 1.88 bits per heavy atom. The van der Waals surface area contributed by atoms with E-state index in [9.17, 15) is 18.0 Å². The second-order valence-corrected chi connectivity index (χ2v) is 6.22. The van der Waals surface area contributed by atoms with Crippen molar-refractivity contribution in [1.29, 1.82) is 0 Å². The molecule has 1 aromatic carbocycles. The second-order valence-electron chi connectivity index (χ2n) is 5.83. The van der Waals surface area contributed by atoms with E-state index < -0.39 is 17.6 Å². The maximum absolute atomic E-state index is 13.0. The van der Waals surface area contributed by atoms with E-state index in [0.29, 0.717) is 37.8 Å². The van der Waals surface area contributed by atoms with Gasteiger partial charge in [0, 0.05) is 32.7 Å². The number of hydrogen-bond donors (Lipinski definition) is 2. The zero-order valence-electron chi connectivity index (χ0n) is 14.2. The fourth-order valence-corrected chi connectivity index (χ4v) is 2.88. The molecular formula is C17H21F3N4OS. The van der Waals surface area contributed by atoms with Crippen LogP contribution in [0.4, 0.5) is 18.9 Å². The molecule has 1 aliphatic heterocycles. The molecule has 1 saturated heterocycles. The molecule has 0 spiro atoms. The topological polar surface area (TPSA) is 47.6 Å². The number of para-hydroxylation sites is 1. The number of carbonyl (C=O) groups excluding carboxylic acids is 1. The van der Waals surface area contributed by atoms with Crippen molar-refractivity contribution in [3.8, 4) is 0 Å². The maximum Gasteiger partial charge on any atom is 0.418 e. The summed E-state index contributed by atoms with van der Waals surface area (Å²) in [4.78, 5) is 16.0. The molecule has 1 aliphatic rings. The van der Waals surface area contributed by atoms with E-state index >= 15 is 0 Å². The summed E-state index contributed by atoms with van der Waals surface area (Å²) < 4.78 is 38.9. The molecule has 0 radical (unpaired) electrons. The minimum Gasteiger partial charge on any atom is -0.359 e. The van der Waals surface area contributed by atoms with Crippen LogP contribution in [0, 0.1) is 0 Å². The molecule has 5 nitrogen and oxygen atoms in total. The molecule has 0 aliphatic carbocycles. The average Bonchev–Trinajstić information content (AvgIpc) is 2.59. The third kappa shape index (κ3) is 5.70. The van der Waals surface area contributed by atoms with E-state index in [2.05, 4.69) is 17.2 Å². The predicted molar refractivity (Wildman–Crippen MR) is 98.9 cm³/mol. The number of benzene rings is 1. The van der Waals surface area contributed by atoms with E-state index in [0.717, 1.165) is 6.07 Å². The lowest BCUT2D eigenvalue weighted by Gasteiger charge is -2.35. The lowest BCUT2D eigenvalue weighted by Crippen LogP contribution is -2.52. The van der Waals surface area contributed by atoms with Gasteiger partial charge in [0.05, 0.1) is 17.8 Å². The molecule has 1 fully saturated rings. The standard InChI is InChI=1S/C17H21F3N4OS/c1-2-7-21-16(26)24-10-8-23(9-11-24)12-15(25)22-14-6-4-3-5-13(14)17(18,19)20/h2-6H,1,7-12H2,(H,21,26)(H,22,25). The summed E-state index contributed by atoms with van der Waals surface area (Å²) in [6.07, 6.45) is -2.80. The summed E-state index contributed by atoms with van der Waals surface area (Å²) in [5.74, 6) is -0.470. The summed E-state index contributed by atoms with van der Waals surface area (Å²) in [7, 11) is 0. The molecule has 9 heteroatoms. The first-order valence-corrected chi connectivity index (χ1v) is 8.54. The molecule has 0 unspecified atom stereocenters. The quantitative estimate of drug-likeness (QED) is 0.601. The molecule has 0 atom stereocenters. The smallest absolute Gasteiger partial charge is 0.359 e. The van der Waals surface area contributed by atoms with Crippen molar-refractivity contribution in [2.45, 2.75) is 6.18 Å². The van der Waals surface area contributed by atoms with Crippen LogP contribution in [0.3, 0.4) is 0 Å². The zero-order valence-corrected chi connectivity index (χ0v) is 15.0. The van der Waals surface area contributed by atoms with Gasteiger partial charge in [0.25, 0.3) is 0 Å². The minimum absolute atomic E-state index is 0.0346. The van der Waals surface area contributed by atoms with Crippen molar-refractivity contribution < 1.29 is 18.0 Å². The third-order valence-electron chi connectivity index (χ3n) is 3.93. The number of nitrogens with zero attached hydrogens (tertiary/aromatic N) is 2. The molecule has 26 heavy (non-hydrogen) atoms. The molecule has 142 valence electrons. The Kier molecular flexibility index (Phi) is 6.98. The molecule has 0 aromatic heterocycles. The van der Waals surface area contributed by atoms with Gasteiger partial charge in [0.2, 0.25) is 5.91 Å². The van der Waals surface area contributed by atoms with E-state index in [1.807, 2.05) is 9.80 Å². The van der Waals surface area contributed by atoms with Gasteiger partial charge in [-0.15, -0.1) is 6.58 Å². The highest BCUT2D eigenvalue weighted by Gasteiger charge is 2.33. The van der Waals surface area contributed by atoms with Crippen LogP contribution in [0.5, 0.6) is 0 Å². The van der Waals surface area contributed by atoms with Crippen molar-refractivity contribution in [3.63, 3.8) is 0 Å². The summed E-state index contributed by atoms with van der Waals surface area (Å²) in [5.41, 5.74) is -1.07. The Labute approximate surface area is 155 Å². The van der Waals surface area contributed by atoms with Crippen LogP contribution in [0.25, 0.3) is 0 Å². The Hall–Kier alpha value is -2.13. The molecule has 0 saturated carbocycles. The summed E-state index contributed by atoms with van der Waals surface area (Å²) in [5, 5.41) is 6.04. The first kappa shape index (κ1) is 20.2. The fourth-order valence-electron chi connectivity index (χ4n) is 2.61. The first-order chi connectivity index (χ1) is 12.3. The average molecular weight is 386 g/mol. The number of hydrogen-bond acceptors (Lipinski definition) is 3. The summed E-state index contributed by atoms with van der Waals surface area (Å²) in [6.45, 7) is 6.73. The van der Waals surface area contributed by atoms with Crippen LogP contribution in [0.15, 0.2) is 36.9 Å². The Morgan fingerprint density at radius 3 is 2.50 bits per heavy atom. The van der Waals surface area contributed by atoms with Gasteiger partial charge >= 0.3 is 6.18 Å². The fraction of sp³-hybridized carbons (Fsp3) is 0.412. The van der Waals surface area contributed by atoms with Crippen LogP contribution in [-0.4, -0.2) is 60.1 Å². The van der Waals surface area contributed by atoms with Crippen LogP contribution < -0.4 is 10.6 Å². The second kappa shape index (κ2) is 9.00. The van der Waals surface area contributed by atoms with Gasteiger partial charge in [-0.2, -0.15) is 13.2 Å². The van der Waals surface area contributed by atoms with Gasteiger partial charge in [-0.3, -0.25) is 9.69 Å². The predicted octanol–water partition coefficient (Wildman–Crippen LogP) is 2.32. The van der Waals surface area contributed by atoms with Crippen molar-refractivity contribution in [1.82, 2.24) is 15.1 Å². The Morgan fingerprint density at radius 1 is 1.23 bits per heavy atom. The minimum atomic E-state index is -4.51. The van der Waals surface area contributed by atoms with Gasteiger partial charge < -0.3 is 15.5 Å². The molecule has 0 bridgehead atoms. The number of rotatable bonds is 5. The lowest BCUT2D eigenvalue weighted by atomic mass is 10.1. The molecular weight excluding hydrogens is 365 g/mol. The van der Waals surface area contributed by atoms with Crippen molar-refractivity contribution in [2.24, 2.45) is 0 Å². The number of nitrogens with one attached hydrogen (secondary N) is 2. The number of alkyl halides is 3. The van der Waals surface area contributed by atoms with Crippen LogP contribution in [-0.2, 0) is 11.0 Å². The van der Waals surface area contributed by atoms with Crippen molar-refractivity contribution >= 4 is 28.9 Å². The van der Waals surface area contributed by atoms with Crippen molar-refractivity contribution in [2.75, 3.05) is 44.6 Å². The highest BCUT2D eigenvalue weighted by molar-refractivity contribution is 7.80. The van der Waals surface area contributed by atoms with Gasteiger partial charge in [0.15, 0.2) is 5.11 Å².